The van der Waals surface area contributed by atoms with Crippen molar-refractivity contribution in [3.63, 3.8) is 0 Å². The van der Waals surface area contributed by atoms with Crippen molar-refractivity contribution in [1.29, 1.82) is 0 Å². The summed E-state index contributed by atoms with van der Waals surface area (Å²) < 4.78 is 15.3. The highest BCUT2D eigenvalue weighted by Gasteiger charge is 2.32. The molecule has 13 aromatic rings. The minimum Gasteiger partial charge on any atom is -0.456 e. The van der Waals surface area contributed by atoms with Gasteiger partial charge in [-0.2, -0.15) is 0 Å². The average molecular weight is 890 g/mol. The Hall–Kier alpha value is -8.71. The summed E-state index contributed by atoms with van der Waals surface area (Å²) >= 11 is 1.86. The van der Waals surface area contributed by atoms with Gasteiger partial charge in [-0.15, -0.1) is 0 Å². The number of anilines is 6. The maximum atomic E-state index is 6.44. The van der Waals surface area contributed by atoms with Crippen molar-refractivity contribution in [1.82, 2.24) is 4.57 Å². The van der Waals surface area contributed by atoms with Gasteiger partial charge in [0.05, 0.1) is 16.1 Å². The van der Waals surface area contributed by atoms with Gasteiger partial charge >= 0.3 is 0 Å². The lowest BCUT2D eigenvalue weighted by Gasteiger charge is -2.33. The largest absolute Gasteiger partial charge is 0.456 e. The molecule has 68 heavy (non-hydrogen) atoms. The Kier molecular flexibility index (Phi) is 8.76. The molecule has 0 saturated carbocycles. The van der Waals surface area contributed by atoms with Crippen molar-refractivity contribution < 1.29 is 8.83 Å². The van der Waals surface area contributed by atoms with E-state index in [-0.39, 0.29) is 0 Å². The summed E-state index contributed by atoms with van der Waals surface area (Å²) in [6.45, 7) is 0. The van der Waals surface area contributed by atoms with Crippen LogP contribution in [-0.2, 0) is 0 Å². The zero-order chi connectivity index (χ0) is 44.7. The van der Waals surface area contributed by atoms with Gasteiger partial charge in [-0.25, -0.2) is 0 Å². The number of aromatic nitrogens is 1. The Morgan fingerprint density at radius 2 is 0.868 bits per heavy atom. The molecule has 0 unspecified atom stereocenters. The fraction of sp³-hybridized carbons (Fsp3) is 0. The zero-order valence-electron chi connectivity index (χ0n) is 36.6. The molecule has 5 nitrogen and oxygen atoms in total. The molecule has 14 rings (SSSR count). The van der Waals surface area contributed by atoms with Gasteiger partial charge in [-0.05, 0) is 119 Å². The second kappa shape index (κ2) is 15.4. The Balaban J connectivity index is 0.871. The second-order valence-electron chi connectivity index (χ2n) is 17.3. The summed E-state index contributed by atoms with van der Waals surface area (Å²) in [7, 11) is 0. The van der Waals surface area contributed by atoms with Crippen LogP contribution in [0.4, 0.5) is 34.3 Å². The van der Waals surface area contributed by atoms with E-state index in [0.717, 1.165) is 106 Å². The van der Waals surface area contributed by atoms with Crippen LogP contribution in [0.5, 0.6) is 0 Å². The molecular formula is C62H39N3O2S. The van der Waals surface area contributed by atoms with E-state index in [1.165, 1.54) is 20.7 Å². The van der Waals surface area contributed by atoms with E-state index in [0.29, 0.717) is 0 Å². The molecule has 6 heteroatoms. The van der Waals surface area contributed by atoms with E-state index in [4.69, 9.17) is 8.83 Å². The Bertz CT molecular complexity index is 3980. The molecule has 0 spiro atoms. The summed E-state index contributed by atoms with van der Waals surface area (Å²) in [4.78, 5) is 7.19. The van der Waals surface area contributed by atoms with Gasteiger partial charge in [-0.3, -0.25) is 9.47 Å². The van der Waals surface area contributed by atoms with Crippen LogP contribution in [0.15, 0.2) is 255 Å². The van der Waals surface area contributed by atoms with Crippen LogP contribution in [0.3, 0.4) is 0 Å². The average Bonchev–Trinajstić information content (AvgIpc) is 4.07. The topological polar surface area (TPSA) is 37.7 Å². The predicted octanol–water partition coefficient (Wildman–Crippen LogP) is 18.2. The first kappa shape index (κ1) is 38.5. The summed E-state index contributed by atoms with van der Waals surface area (Å²) in [5, 5.41) is 5.64. The molecule has 0 aliphatic carbocycles. The quantitative estimate of drug-likeness (QED) is 0.159. The number of benzene rings is 10. The highest BCUT2D eigenvalue weighted by molar-refractivity contribution is 8.00. The van der Waals surface area contributed by atoms with Crippen LogP contribution in [0.2, 0.25) is 0 Å². The van der Waals surface area contributed by atoms with Gasteiger partial charge in [0.1, 0.15) is 28.1 Å². The van der Waals surface area contributed by atoms with Crippen LogP contribution in [0, 0.1) is 0 Å². The maximum absolute atomic E-state index is 6.44. The SMILES string of the molecule is c1ccc(N2c3ccc(-c4cccc(-c5cccc(N(c6ccc7c(c6)oc6ccccc67)c6ccc7c(c6)oc6ccccc67)c5)c4)cc3Sc3c2n(-c2ccccc2)c2ccccc32)cc1. The molecule has 0 atom stereocenters. The fourth-order valence-electron chi connectivity index (χ4n) is 10.2. The Morgan fingerprint density at radius 1 is 0.353 bits per heavy atom. The second-order valence-corrected chi connectivity index (χ2v) is 18.4. The van der Waals surface area contributed by atoms with Crippen LogP contribution in [0.1, 0.15) is 0 Å². The van der Waals surface area contributed by atoms with Crippen molar-refractivity contribution >= 4 is 101 Å². The zero-order valence-corrected chi connectivity index (χ0v) is 37.4. The first-order valence-electron chi connectivity index (χ1n) is 22.9. The van der Waals surface area contributed by atoms with Gasteiger partial charge < -0.3 is 13.7 Å². The van der Waals surface area contributed by atoms with Crippen molar-refractivity contribution in [2.24, 2.45) is 0 Å². The number of rotatable bonds is 7. The molecule has 10 aromatic carbocycles. The highest BCUT2D eigenvalue weighted by atomic mass is 32.2. The van der Waals surface area contributed by atoms with Crippen LogP contribution in [0.25, 0.3) is 82.7 Å². The molecule has 3 aromatic heterocycles. The number of hydrogen-bond acceptors (Lipinski definition) is 5. The number of hydrogen-bond donors (Lipinski definition) is 0. The van der Waals surface area contributed by atoms with E-state index >= 15 is 0 Å². The van der Waals surface area contributed by atoms with E-state index in [2.05, 4.69) is 227 Å². The van der Waals surface area contributed by atoms with Crippen molar-refractivity contribution in [2.75, 3.05) is 9.80 Å². The summed E-state index contributed by atoms with van der Waals surface area (Å²) in [6, 6.07) is 84.4. The highest BCUT2D eigenvalue weighted by Crippen LogP contribution is 2.56. The van der Waals surface area contributed by atoms with Gasteiger partial charge in [0, 0.05) is 72.4 Å². The molecule has 0 amide bonds. The first-order valence-corrected chi connectivity index (χ1v) is 23.7. The molecule has 0 radical (unpaired) electrons. The van der Waals surface area contributed by atoms with Crippen LogP contribution < -0.4 is 9.80 Å². The monoisotopic (exact) mass is 889 g/mol. The maximum Gasteiger partial charge on any atom is 0.137 e. The summed E-state index contributed by atoms with van der Waals surface area (Å²) in [5.41, 5.74) is 15.6. The number of para-hydroxylation sites is 5. The standard InChI is InChI=1S/C62H39N3O2S/c1-3-18-44(19-4-1)64-54-26-10-7-25-53(54)61-62(64)65(45-20-5-2-6-21-45)55-34-29-43(37-60(55)68-61)41-16-13-15-40(35-41)42-17-14-22-46(36-42)63(47-30-32-51-49-23-8-11-27-56(49)66-58(51)38-47)48-31-33-52-50-24-9-12-28-57(50)67-59(52)39-48/h1-39H. The van der Waals surface area contributed by atoms with Crippen molar-refractivity contribution in [3.8, 4) is 27.9 Å². The molecule has 0 saturated heterocycles. The smallest absolute Gasteiger partial charge is 0.137 e. The predicted molar refractivity (Wildman–Crippen MR) is 282 cm³/mol. The lowest BCUT2D eigenvalue weighted by atomic mass is 9.98. The molecular weight excluding hydrogens is 851 g/mol. The lowest BCUT2D eigenvalue weighted by Crippen LogP contribution is -2.17. The third kappa shape index (κ3) is 6.19. The molecule has 1 aliphatic heterocycles. The molecule has 0 bridgehead atoms. The van der Waals surface area contributed by atoms with Gasteiger partial charge in [-0.1, -0.05) is 139 Å². The minimum absolute atomic E-state index is 0.843. The normalized spacial score (nSPS) is 12.3. The third-order valence-electron chi connectivity index (χ3n) is 13.3. The van der Waals surface area contributed by atoms with Crippen molar-refractivity contribution in [2.45, 2.75) is 9.79 Å². The van der Waals surface area contributed by atoms with Gasteiger partial charge in [0.2, 0.25) is 0 Å². The molecule has 1 aliphatic rings. The van der Waals surface area contributed by atoms with Gasteiger partial charge in [0.25, 0.3) is 0 Å². The molecule has 320 valence electrons. The van der Waals surface area contributed by atoms with Gasteiger partial charge in [0.15, 0.2) is 0 Å². The van der Waals surface area contributed by atoms with Crippen LogP contribution >= 0.6 is 11.8 Å². The van der Waals surface area contributed by atoms with Crippen LogP contribution in [-0.4, -0.2) is 4.57 Å². The van der Waals surface area contributed by atoms with Crippen molar-refractivity contribution in [3.05, 3.63) is 237 Å². The van der Waals surface area contributed by atoms with E-state index in [9.17, 15) is 0 Å². The number of furan rings is 2. The third-order valence-corrected chi connectivity index (χ3v) is 14.5. The molecule has 4 heterocycles. The van der Waals surface area contributed by atoms with E-state index in [1.54, 1.807) is 0 Å². The number of fused-ring (bicyclic) bond motifs is 10. The van der Waals surface area contributed by atoms with E-state index in [1.807, 2.05) is 36.0 Å². The fourth-order valence-corrected chi connectivity index (χ4v) is 11.4. The molecule has 0 fully saturated rings. The lowest BCUT2D eigenvalue weighted by molar-refractivity contribution is 0.669. The van der Waals surface area contributed by atoms with E-state index < -0.39 is 0 Å². The number of nitrogens with zero attached hydrogens (tertiary/aromatic N) is 3. The molecule has 0 N–H and O–H groups in total. The Morgan fingerprint density at radius 3 is 1.53 bits per heavy atom. The minimum atomic E-state index is 0.843. The summed E-state index contributed by atoms with van der Waals surface area (Å²) in [6.07, 6.45) is 0. The first-order chi connectivity index (χ1) is 33.7. The summed E-state index contributed by atoms with van der Waals surface area (Å²) in [5.74, 6) is 1.15. The Labute approximate surface area is 396 Å².